The van der Waals surface area contributed by atoms with Crippen molar-refractivity contribution in [1.29, 1.82) is 0 Å². The molecule has 18 heavy (non-hydrogen) atoms. The minimum absolute atomic E-state index is 0.444. The summed E-state index contributed by atoms with van der Waals surface area (Å²) >= 11 is 1.84. The molecule has 0 saturated carbocycles. The zero-order valence-corrected chi connectivity index (χ0v) is 12.2. The van der Waals surface area contributed by atoms with Crippen LogP contribution in [0.5, 0.6) is 0 Å². The average Bonchev–Trinajstić information content (AvgIpc) is 2.41. The molecule has 0 radical (unpaired) electrons. The van der Waals surface area contributed by atoms with E-state index in [4.69, 9.17) is 0 Å². The summed E-state index contributed by atoms with van der Waals surface area (Å²) in [5.74, 6) is 1.49. The molecule has 0 unspecified atom stereocenters. The molecule has 100 valence electrons. The van der Waals surface area contributed by atoms with Crippen molar-refractivity contribution < 1.29 is 4.79 Å². The van der Waals surface area contributed by atoms with Crippen LogP contribution in [0.25, 0.3) is 0 Å². The Bertz CT molecular complexity index is 321. The minimum Gasteiger partial charge on any atom is -0.300 e. The average molecular weight is 264 g/mol. The minimum atomic E-state index is 0.444. The second-order valence-corrected chi connectivity index (χ2v) is 5.78. The van der Waals surface area contributed by atoms with Crippen molar-refractivity contribution in [3.63, 3.8) is 0 Å². The van der Waals surface area contributed by atoms with Gasteiger partial charge in [0.2, 0.25) is 0 Å². The summed E-state index contributed by atoms with van der Waals surface area (Å²) in [7, 11) is 0. The van der Waals surface area contributed by atoms with Crippen molar-refractivity contribution in [1.82, 2.24) is 0 Å². The smallest absolute Gasteiger partial charge is 0.132 e. The first kappa shape index (κ1) is 15.3. The third-order valence-electron chi connectivity index (χ3n) is 2.92. The third-order valence-corrected chi connectivity index (χ3v) is 4.02. The second kappa shape index (κ2) is 10.2. The molecule has 1 aromatic carbocycles. The van der Waals surface area contributed by atoms with Crippen LogP contribution in [0.4, 0.5) is 0 Å². The maximum Gasteiger partial charge on any atom is 0.132 e. The van der Waals surface area contributed by atoms with Crippen LogP contribution in [-0.4, -0.2) is 11.5 Å². The van der Waals surface area contributed by atoms with Gasteiger partial charge in [0.25, 0.3) is 0 Å². The normalized spacial score (nSPS) is 10.5. The van der Waals surface area contributed by atoms with Crippen LogP contribution in [0.15, 0.2) is 35.2 Å². The Labute approximate surface area is 115 Å². The van der Waals surface area contributed by atoms with Gasteiger partial charge in [-0.3, -0.25) is 4.79 Å². The summed E-state index contributed by atoms with van der Waals surface area (Å²) in [4.78, 5) is 12.9. The highest BCUT2D eigenvalue weighted by molar-refractivity contribution is 7.99. The molecular formula is C16H24OS. The quantitative estimate of drug-likeness (QED) is 0.432. The highest BCUT2D eigenvalue weighted by Crippen LogP contribution is 2.18. The summed E-state index contributed by atoms with van der Waals surface area (Å²) in [5.41, 5.74) is 0. The molecule has 1 rings (SSSR count). The molecule has 1 aromatic rings. The van der Waals surface area contributed by atoms with E-state index in [-0.39, 0.29) is 0 Å². The van der Waals surface area contributed by atoms with Gasteiger partial charge in [-0.2, -0.15) is 0 Å². The van der Waals surface area contributed by atoms with Gasteiger partial charge < -0.3 is 0 Å². The topological polar surface area (TPSA) is 17.1 Å². The van der Waals surface area contributed by atoms with E-state index in [1.807, 2.05) is 17.8 Å². The number of carbonyl (C=O) groups excluding carboxylic acids is 1. The van der Waals surface area contributed by atoms with Gasteiger partial charge in [0.05, 0.1) is 0 Å². The van der Waals surface area contributed by atoms with Gasteiger partial charge >= 0.3 is 0 Å². The van der Waals surface area contributed by atoms with Gasteiger partial charge in [0.15, 0.2) is 0 Å². The summed E-state index contributed by atoms with van der Waals surface area (Å²) in [6.07, 6.45) is 7.34. The maximum absolute atomic E-state index is 11.6. The Morgan fingerprint density at radius 1 is 1.00 bits per heavy atom. The number of hydrogen-bond acceptors (Lipinski definition) is 2. The number of thioether (sulfide) groups is 1. The number of hydrogen-bond donors (Lipinski definition) is 0. The first-order valence-corrected chi connectivity index (χ1v) is 8.01. The van der Waals surface area contributed by atoms with Crippen molar-refractivity contribution in [2.45, 2.75) is 56.8 Å². The monoisotopic (exact) mass is 264 g/mol. The van der Waals surface area contributed by atoms with Gasteiger partial charge in [0, 0.05) is 17.7 Å². The van der Waals surface area contributed by atoms with E-state index in [1.54, 1.807) is 0 Å². The van der Waals surface area contributed by atoms with Gasteiger partial charge in [-0.15, -0.1) is 11.8 Å². The fourth-order valence-electron chi connectivity index (χ4n) is 1.85. The van der Waals surface area contributed by atoms with Crippen LogP contribution in [0, 0.1) is 0 Å². The summed E-state index contributed by atoms with van der Waals surface area (Å²) < 4.78 is 0. The van der Waals surface area contributed by atoms with E-state index in [1.165, 1.54) is 24.2 Å². The zero-order chi connectivity index (χ0) is 13.1. The van der Waals surface area contributed by atoms with E-state index in [0.717, 1.165) is 31.4 Å². The molecule has 0 aliphatic carbocycles. The molecular weight excluding hydrogens is 240 g/mol. The third kappa shape index (κ3) is 7.54. The van der Waals surface area contributed by atoms with E-state index >= 15 is 0 Å². The number of carbonyl (C=O) groups is 1. The lowest BCUT2D eigenvalue weighted by molar-refractivity contribution is -0.119. The number of unbranched alkanes of at least 4 members (excludes halogenated alkanes) is 3. The molecule has 2 heteroatoms. The van der Waals surface area contributed by atoms with Gasteiger partial charge in [0.1, 0.15) is 5.78 Å². The van der Waals surface area contributed by atoms with Crippen LogP contribution in [0.3, 0.4) is 0 Å². The van der Waals surface area contributed by atoms with Crippen LogP contribution < -0.4 is 0 Å². The molecule has 0 aromatic heterocycles. The molecule has 0 N–H and O–H groups in total. The van der Waals surface area contributed by atoms with Crippen LogP contribution in [0.1, 0.15) is 51.9 Å². The van der Waals surface area contributed by atoms with Gasteiger partial charge in [-0.1, -0.05) is 44.4 Å². The van der Waals surface area contributed by atoms with Crippen molar-refractivity contribution in [2.75, 3.05) is 5.75 Å². The second-order valence-electron chi connectivity index (χ2n) is 4.61. The largest absolute Gasteiger partial charge is 0.300 e. The standard InChI is InChI=1S/C16H24OS/c1-2-3-4-6-10-15(17)11-9-14-18-16-12-7-5-8-13-16/h5,7-8,12-13H,2-4,6,9-11,14H2,1H3. The van der Waals surface area contributed by atoms with E-state index < -0.39 is 0 Å². The van der Waals surface area contributed by atoms with Crippen LogP contribution in [-0.2, 0) is 4.79 Å². The first-order valence-electron chi connectivity index (χ1n) is 7.02. The Kier molecular flexibility index (Phi) is 8.66. The molecule has 0 aliphatic rings. The molecule has 1 nitrogen and oxygen atoms in total. The highest BCUT2D eigenvalue weighted by atomic mass is 32.2. The molecule has 0 amide bonds. The number of Topliss-reactive ketones (excluding diaryl/α,β-unsaturated/α-hetero) is 1. The molecule has 0 spiro atoms. The molecule has 0 atom stereocenters. The summed E-state index contributed by atoms with van der Waals surface area (Å²) in [6, 6.07) is 10.4. The number of rotatable bonds is 10. The Morgan fingerprint density at radius 2 is 1.72 bits per heavy atom. The lowest BCUT2D eigenvalue weighted by atomic mass is 10.1. The first-order chi connectivity index (χ1) is 8.83. The summed E-state index contributed by atoms with van der Waals surface area (Å²) in [6.45, 7) is 2.20. The SMILES string of the molecule is CCCCCCC(=O)CCCSc1ccccc1. The fourth-order valence-corrected chi connectivity index (χ4v) is 2.72. The lowest BCUT2D eigenvalue weighted by Gasteiger charge is -2.02. The van der Waals surface area contributed by atoms with E-state index in [2.05, 4.69) is 31.2 Å². The maximum atomic E-state index is 11.6. The van der Waals surface area contributed by atoms with Crippen LogP contribution >= 0.6 is 11.8 Å². The highest BCUT2D eigenvalue weighted by Gasteiger charge is 2.01. The van der Waals surface area contributed by atoms with Crippen molar-refractivity contribution in [3.05, 3.63) is 30.3 Å². The van der Waals surface area contributed by atoms with Gasteiger partial charge in [-0.05, 0) is 30.7 Å². The van der Waals surface area contributed by atoms with E-state index in [0.29, 0.717) is 5.78 Å². The zero-order valence-electron chi connectivity index (χ0n) is 11.4. The van der Waals surface area contributed by atoms with Crippen molar-refractivity contribution in [2.24, 2.45) is 0 Å². The molecule has 0 saturated heterocycles. The number of benzene rings is 1. The Balaban J connectivity index is 1.99. The predicted octanol–water partition coefficient (Wildman–Crippen LogP) is 5.10. The molecule has 0 aliphatic heterocycles. The summed E-state index contributed by atoms with van der Waals surface area (Å²) in [5, 5.41) is 0. The molecule has 0 fully saturated rings. The molecule has 0 bridgehead atoms. The van der Waals surface area contributed by atoms with Crippen molar-refractivity contribution in [3.8, 4) is 0 Å². The molecule has 0 heterocycles. The predicted molar refractivity (Wildman–Crippen MR) is 80.2 cm³/mol. The Morgan fingerprint density at radius 3 is 2.44 bits per heavy atom. The van der Waals surface area contributed by atoms with Gasteiger partial charge in [-0.25, -0.2) is 0 Å². The van der Waals surface area contributed by atoms with E-state index in [9.17, 15) is 4.79 Å². The van der Waals surface area contributed by atoms with Crippen molar-refractivity contribution >= 4 is 17.5 Å². The van der Waals surface area contributed by atoms with Crippen LogP contribution in [0.2, 0.25) is 0 Å². The number of ketones is 1. The fraction of sp³-hybridized carbons (Fsp3) is 0.562. The lowest BCUT2D eigenvalue weighted by Crippen LogP contribution is -1.98. The Hall–Kier alpha value is -0.760.